The van der Waals surface area contributed by atoms with Crippen LogP contribution in [0.25, 0.3) is 0 Å². The normalized spacial score (nSPS) is 18.5. The number of carbonyl (C=O) groups is 3. The maximum absolute atomic E-state index is 12.9. The van der Waals surface area contributed by atoms with Gasteiger partial charge in [-0.25, -0.2) is 0 Å². The molecule has 8 nitrogen and oxygen atoms in total. The number of methoxy groups -OCH3 is 1. The average molecular weight is 374 g/mol. The molecule has 3 rings (SSSR count). The highest BCUT2D eigenvalue weighted by molar-refractivity contribution is 5.95. The number of rotatable bonds is 5. The monoisotopic (exact) mass is 374 g/mol. The van der Waals surface area contributed by atoms with E-state index in [1.165, 1.54) is 0 Å². The van der Waals surface area contributed by atoms with Crippen molar-refractivity contribution in [2.45, 2.75) is 31.2 Å². The first-order valence-corrected chi connectivity index (χ1v) is 9.20. The summed E-state index contributed by atoms with van der Waals surface area (Å²) in [4.78, 5) is 40.9. The topological polar surface area (TPSA) is 105 Å². The van der Waals surface area contributed by atoms with Gasteiger partial charge in [-0.2, -0.15) is 0 Å². The number of nitrogens with one attached hydrogen (secondary N) is 1. The van der Waals surface area contributed by atoms with E-state index in [1.807, 2.05) is 24.3 Å². The van der Waals surface area contributed by atoms with Gasteiger partial charge in [0.15, 0.2) is 0 Å². The van der Waals surface area contributed by atoms with Crippen LogP contribution in [0.5, 0.6) is 5.75 Å². The van der Waals surface area contributed by atoms with E-state index in [9.17, 15) is 14.4 Å². The molecule has 0 saturated carbocycles. The summed E-state index contributed by atoms with van der Waals surface area (Å²) in [6, 6.07) is 7.33. The first kappa shape index (κ1) is 19.2. The molecule has 1 spiro atoms. The lowest BCUT2D eigenvalue weighted by atomic mass is 9.85. The van der Waals surface area contributed by atoms with Gasteiger partial charge in [0.05, 0.1) is 20.2 Å². The quantitative estimate of drug-likeness (QED) is 0.747. The third-order valence-corrected chi connectivity index (χ3v) is 5.45. The summed E-state index contributed by atoms with van der Waals surface area (Å²) in [7, 11) is 1.59. The van der Waals surface area contributed by atoms with Gasteiger partial charge in [-0.3, -0.25) is 14.4 Å². The lowest BCUT2D eigenvalue weighted by molar-refractivity contribution is -0.145. The van der Waals surface area contributed by atoms with Crippen molar-refractivity contribution in [1.82, 2.24) is 15.1 Å². The van der Waals surface area contributed by atoms with Crippen molar-refractivity contribution in [2.75, 3.05) is 33.4 Å². The van der Waals surface area contributed by atoms with Crippen molar-refractivity contribution >= 4 is 17.7 Å². The largest absolute Gasteiger partial charge is 0.497 e. The predicted molar refractivity (Wildman–Crippen MR) is 98.8 cm³/mol. The van der Waals surface area contributed by atoms with Crippen LogP contribution in [0.1, 0.15) is 24.8 Å². The van der Waals surface area contributed by atoms with Crippen molar-refractivity contribution in [3.63, 3.8) is 0 Å². The first-order valence-electron chi connectivity index (χ1n) is 9.20. The highest BCUT2D eigenvalue weighted by Crippen LogP contribution is 2.33. The second-order valence-corrected chi connectivity index (χ2v) is 6.96. The molecule has 2 aliphatic rings. The fraction of sp³-hybridized carbons (Fsp3) is 0.526. The van der Waals surface area contributed by atoms with Crippen LogP contribution in [0.15, 0.2) is 24.3 Å². The number of carbonyl (C=O) groups excluding carboxylic acids is 3. The molecule has 0 unspecified atom stereocenters. The third kappa shape index (κ3) is 3.75. The zero-order valence-corrected chi connectivity index (χ0v) is 15.6. The van der Waals surface area contributed by atoms with Crippen molar-refractivity contribution in [3.8, 4) is 5.75 Å². The summed E-state index contributed by atoms with van der Waals surface area (Å²) in [5, 5.41) is 2.81. The number of likely N-dealkylation sites (tertiary alicyclic amines) is 1. The second-order valence-electron chi connectivity index (χ2n) is 6.96. The summed E-state index contributed by atoms with van der Waals surface area (Å²) in [6.45, 7) is 1.44. The van der Waals surface area contributed by atoms with Crippen LogP contribution < -0.4 is 15.8 Å². The maximum Gasteiger partial charge on any atom is 0.247 e. The fourth-order valence-electron chi connectivity index (χ4n) is 3.83. The number of benzene rings is 1. The summed E-state index contributed by atoms with van der Waals surface area (Å²) in [6.07, 6.45) is 1.42. The van der Waals surface area contributed by atoms with Crippen LogP contribution in [-0.4, -0.2) is 66.5 Å². The Bertz CT molecular complexity index is 711. The number of hydrogen-bond donors (Lipinski definition) is 2. The third-order valence-electron chi connectivity index (χ3n) is 5.45. The number of amides is 3. The van der Waals surface area contributed by atoms with Gasteiger partial charge in [0.2, 0.25) is 17.7 Å². The van der Waals surface area contributed by atoms with E-state index < -0.39 is 5.54 Å². The van der Waals surface area contributed by atoms with Gasteiger partial charge < -0.3 is 25.6 Å². The minimum Gasteiger partial charge on any atom is -0.497 e. The van der Waals surface area contributed by atoms with Crippen LogP contribution in [-0.2, 0) is 20.8 Å². The highest BCUT2D eigenvalue weighted by atomic mass is 16.5. The fourth-order valence-corrected chi connectivity index (χ4v) is 3.83. The highest BCUT2D eigenvalue weighted by Gasteiger charge is 2.52. The second kappa shape index (κ2) is 7.96. The minimum atomic E-state index is -0.858. The molecular weight excluding hydrogens is 348 g/mol. The molecule has 146 valence electrons. The van der Waals surface area contributed by atoms with Crippen molar-refractivity contribution < 1.29 is 19.1 Å². The van der Waals surface area contributed by atoms with Gasteiger partial charge in [0, 0.05) is 26.1 Å². The Hall–Kier alpha value is -2.61. The van der Waals surface area contributed by atoms with E-state index in [-0.39, 0.29) is 30.8 Å². The van der Waals surface area contributed by atoms with Crippen LogP contribution in [0, 0.1) is 0 Å². The van der Waals surface area contributed by atoms with Crippen LogP contribution in [0.3, 0.4) is 0 Å². The average Bonchev–Trinajstić information content (AvgIpc) is 2.99. The van der Waals surface area contributed by atoms with Gasteiger partial charge in [0.1, 0.15) is 11.3 Å². The standard InChI is InChI=1S/C19H26N4O4/c1-27-15-4-2-14(3-5-15)12-17(25)23-13-21-18(26)19(23)7-10-22(11-8-19)16(24)6-9-20/h2-5H,6-13,20H2,1H3,(H,21,26). The molecule has 27 heavy (non-hydrogen) atoms. The molecule has 0 aliphatic carbocycles. The van der Waals surface area contributed by atoms with Crippen molar-refractivity contribution in [1.29, 1.82) is 0 Å². The molecule has 1 aromatic rings. The molecule has 8 heteroatoms. The summed E-state index contributed by atoms with van der Waals surface area (Å²) >= 11 is 0. The number of nitrogens with zero attached hydrogens (tertiary/aromatic N) is 2. The van der Waals surface area contributed by atoms with Crippen LogP contribution in [0.4, 0.5) is 0 Å². The maximum atomic E-state index is 12.9. The Morgan fingerprint density at radius 1 is 1.19 bits per heavy atom. The lowest BCUT2D eigenvalue weighted by Crippen LogP contribution is -2.58. The summed E-state index contributed by atoms with van der Waals surface area (Å²) in [5.74, 6) is 0.508. The number of nitrogens with two attached hydrogens (primary N) is 1. The van der Waals surface area contributed by atoms with Gasteiger partial charge in [-0.15, -0.1) is 0 Å². The Kier molecular flexibility index (Phi) is 5.65. The molecule has 2 saturated heterocycles. The molecule has 2 aliphatic heterocycles. The van der Waals surface area contributed by atoms with Crippen molar-refractivity contribution in [3.05, 3.63) is 29.8 Å². The predicted octanol–water partition coefficient (Wildman–Crippen LogP) is -0.136. The Labute approximate surface area is 158 Å². The van der Waals surface area contributed by atoms with E-state index in [0.717, 1.165) is 11.3 Å². The first-order chi connectivity index (χ1) is 13.0. The SMILES string of the molecule is COc1ccc(CC(=O)N2CNC(=O)C23CCN(C(=O)CCN)CC3)cc1. The van der Waals surface area contributed by atoms with E-state index in [0.29, 0.717) is 38.9 Å². The molecule has 0 radical (unpaired) electrons. The number of ether oxygens (including phenoxy) is 1. The van der Waals surface area contributed by atoms with Crippen LogP contribution in [0.2, 0.25) is 0 Å². The molecule has 2 fully saturated rings. The lowest BCUT2D eigenvalue weighted by Gasteiger charge is -2.42. The van der Waals surface area contributed by atoms with E-state index in [4.69, 9.17) is 10.5 Å². The summed E-state index contributed by atoms with van der Waals surface area (Å²) < 4.78 is 5.13. The smallest absolute Gasteiger partial charge is 0.247 e. The molecule has 3 N–H and O–H groups in total. The van der Waals surface area contributed by atoms with E-state index in [1.54, 1.807) is 16.9 Å². The van der Waals surface area contributed by atoms with Gasteiger partial charge in [-0.1, -0.05) is 12.1 Å². The zero-order chi connectivity index (χ0) is 19.4. The molecule has 0 aromatic heterocycles. The molecule has 1 aromatic carbocycles. The number of hydrogen-bond acceptors (Lipinski definition) is 5. The molecule has 2 heterocycles. The zero-order valence-electron chi connectivity index (χ0n) is 15.6. The van der Waals surface area contributed by atoms with E-state index >= 15 is 0 Å². The molecule has 0 bridgehead atoms. The van der Waals surface area contributed by atoms with E-state index in [2.05, 4.69) is 5.32 Å². The van der Waals surface area contributed by atoms with Crippen molar-refractivity contribution in [2.24, 2.45) is 5.73 Å². The number of piperidine rings is 1. The summed E-state index contributed by atoms with van der Waals surface area (Å²) in [5.41, 5.74) is 5.46. The molecular formula is C19H26N4O4. The Balaban J connectivity index is 1.68. The van der Waals surface area contributed by atoms with Crippen LogP contribution >= 0.6 is 0 Å². The van der Waals surface area contributed by atoms with Gasteiger partial charge in [0.25, 0.3) is 0 Å². The van der Waals surface area contributed by atoms with Gasteiger partial charge in [-0.05, 0) is 30.5 Å². The molecule has 3 amide bonds. The Morgan fingerprint density at radius 2 is 1.85 bits per heavy atom. The van der Waals surface area contributed by atoms with Gasteiger partial charge >= 0.3 is 0 Å². The Morgan fingerprint density at radius 3 is 2.44 bits per heavy atom. The minimum absolute atomic E-state index is 0.00173. The molecule has 0 atom stereocenters.